The van der Waals surface area contributed by atoms with E-state index < -0.39 is 9.84 Å². The lowest BCUT2D eigenvalue weighted by Gasteiger charge is -2.31. The minimum atomic E-state index is -3.11. The summed E-state index contributed by atoms with van der Waals surface area (Å²) in [5, 5.41) is 3.48. The van der Waals surface area contributed by atoms with Gasteiger partial charge in [-0.1, -0.05) is 29.8 Å². The molecule has 2 aromatic carbocycles. The molecule has 0 unspecified atom stereocenters. The molecule has 0 aromatic heterocycles. The number of halogens is 1. The highest BCUT2D eigenvalue weighted by Crippen LogP contribution is 2.34. The molecule has 0 aliphatic carbocycles. The zero-order chi connectivity index (χ0) is 19.4. The molecular formula is C19H21ClN2O4S. The number of sulfone groups is 1. The molecule has 1 saturated heterocycles. The monoisotopic (exact) mass is 408 g/mol. The number of hydrogen-bond acceptors (Lipinski definition) is 5. The fourth-order valence-corrected chi connectivity index (χ4v) is 4.07. The first kappa shape index (κ1) is 19.7. The van der Waals surface area contributed by atoms with Crippen LogP contribution in [0.5, 0.6) is 0 Å². The Kier molecular flexibility index (Phi) is 6.04. The van der Waals surface area contributed by atoms with Gasteiger partial charge in [0, 0.05) is 24.9 Å². The van der Waals surface area contributed by atoms with Crippen LogP contribution in [-0.4, -0.2) is 46.9 Å². The lowest BCUT2D eigenvalue weighted by Crippen LogP contribution is -2.37. The van der Waals surface area contributed by atoms with Crippen LogP contribution in [0.15, 0.2) is 42.5 Å². The molecule has 144 valence electrons. The van der Waals surface area contributed by atoms with Crippen molar-refractivity contribution in [1.29, 1.82) is 0 Å². The summed E-state index contributed by atoms with van der Waals surface area (Å²) < 4.78 is 28.1. The number of rotatable bonds is 5. The van der Waals surface area contributed by atoms with E-state index in [2.05, 4.69) is 10.2 Å². The van der Waals surface area contributed by atoms with E-state index in [4.69, 9.17) is 16.3 Å². The summed E-state index contributed by atoms with van der Waals surface area (Å²) in [5.41, 5.74) is 2.50. The topological polar surface area (TPSA) is 75.7 Å². The average Bonchev–Trinajstić information content (AvgIpc) is 2.62. The SMILES string of the molecule is CS(=O)(=O)Cc1ccc(C(=O)Nc2cccc(Cl)c2N2CCOCC2)cc1. The van der Waals surface area contributed by atoms with Crippen molar-refractivity contribution in [2.45, 2.75) is 5.75 Å². The molecule has 1 heterocycles. The smallest absolute Gasteiger partial charge is 0.255 e. The molecule has 8 heteroatoms. The van der Waals surface area contributed by atoms with E-state index in [-0.39, 0.29) is 11.7 Å². The van der Waals surface area contributed by atoms with Crippen LogP contribution in [0.25, 0.3) is 0 Å². The maximum Gasteiger partial charge on any atom is 0.255 e. The van der Waals surface area contributed by atoms with E-state index >= 15 is 0 Å². The van der Waals surface area contributed by atoms with Crippen molar-refractivity contribution in [1.82, 2.24) is 0 Å². The van der Waals surface area contributed by atoms with Gasteiger partial charge in [-0.3, -0.25) is 4.79 Å². The Bertz CT molecular complexity index is 923. The molecular weight excluding hydrogens is 388 g/mol. The number of nitrogens with one attached hydrogen (secondary N) is 1. The van der Waals surface area contributed by atoms with Crippen molar-refractivity contribution >= 4 is 38.7 Å². The molecule has 0 spiro atoms. The molecule has 0 atom stereocenters. The van der Waals surface area contributed by atoms with Crippen LogP contribution in [0.4, 0.5) is 11.4 Å². The Labute approximate surface area is 164 Å². The summed E-state index contributed by atoms with van der Waals surface area (Å²) in [6, 6.07) is 11.9. The molecule has 27 heavy (non-hydrogen) atoms. The van der Waals surface area contributed by atoms with Crippen molar-refractivity contribution in [3.8, 4) is 0 Å². The van der Waals surface area contributed by atoms with Gasteiger partial charge in [0.2, 0.25) is 0 Å². The van der Waals surface area contributed by atoms with E-state index in [0.717, 1.165) is 5.69 Å². The fraction of sp³-hybridized carbons (Fsp3) is 0.316. The lowest BCUT2D eigenvalue weighted by molar-refractivity contribution is 0.102. The van der Waals surface area contributed by atoms with Crippen molar-refractivity contribution in [2.24, 2.45) is 0 Å². The number of anilines is 2. The van der Waals surface area contributed by atoms with Gasteiger partial charge in [-0.25, -0.2) is 8.42 Å². The maximum atomic E-state index is 12.6. The van der Waals surface area contributed by atoms with Crippen LogP contribution in [0.1, 0.15) is 15.9 Å². The van der Waals surface area contributed by atoms with Crippen molar-refractivity contribution in [3.05, 3.63) is 58.6 Å². The van der Waals surface area contributed by atoms with Crippen molar-refractivity contribution in [3.63, 3.8) is 0 Å². The second-order valence-electron chi connectivity index (χ2n) is 6.46. The van der Waals surface area contributed by atoms with Gasteiger partial charge in [-0.05, 0) is 29.8 Å². The predicted molar refractivity (Wildman–Crippen MR) is 107 cm³/mol. The largest absolute Gasteiger partial charge is 0.378 e. The number of amides is 1. The van der Waals surface area contributed by atoms with Gasteiger partial charge >= 0.3 is 0 Å². The molecule has 3 rings (SSSR count). The average molecular weight is 409 g/mol. The summed E-state index contributed by atoms with van der Waals surface area (Å²) in [6.45, 7) is 2.63. The molecule has 0 bridgehead atoms. The maximum absolute atomic E-state index is 12.6. The van der Waals surface area contributed by atoms with Gasteiger partial charge in [0.15, 0.2) is 9.84 Å². The molecule has 2 aromatic rings. The zero-order valence-electron chi connectivity index (χ0n) is 14.9. The van der Waals surface area contributed by atoms with Gasteiger partial charge in [-0.2, -0.15) is 0 Å². The van der Waals surface area contributed by atoms with Crippen LogP contribution in [0.3, 0.4) is 0 Å². The number of ether oxygens (including phenoxy) is 1. The third kappa shape index (κ3) is 5.22. The van der Waals surface area contributed by atoms with Crippen LogP contribution in [0.2, 0.25) is 5.02 Å². The first-order chi connectivity index (χ1) is 12.8. The van der Waals surface area contributed by atoms with Gasteiger partial charge in [0.05, 0.1) is 35.4 Å². The number of hydrogen-bond donors (Lipinski definition) is 1. The minimum Gasteiger partial charge on any atom is -0.378 e. The predicted octanol–water partition coefficient (Wildman–Crippen LogP) is 2.97. The second-order valence-corrected chi connectivity index (χ2v) is 9.00. The molecule has 0 radical (unpaired) electrons. The van der Waals surface area contributed by atoms with Crippen LogP contribution in [-0.2, 0) is 20.3 Å². The van der Waals surface area contributed by atoms with E-state index in [0.29, 0.717) is 48.1 Å². The summed E-state index contributed by atoms with van der Waals surface area (Å²) in [4.78, 5) is 14.7. The van der Waals surface area contributed by atoms with Gasteiger partial charge in [-0.15, -0.1) is 0 Å². The summed E-state index contributed by atoms with van der Waals surface area (Å²) in [5.74, 6) is -0.331. The Morgan fingerprint density at radius 3 is 2.44 bits per heavy atom. The molecule has 0 saturated carbocycles. The zero-order valence-corrected chi connectivity index (χ0v) is 16.5. The normalized spacial score (nSPS) is 14.8. The lowest BCUT2D eigenvalue weighted by atomic mass is 10.1. The number of benzene rings is 2. The molecule has 1 aliphatic rings. The van der Waals surface area contributed by atoms with E-state index in [9.17, 15) is 13.2 Å². The van der Waals surface area contributed by atoms with Crippen LogP contribution in [0, 0.1) is 0 Å². The first-order valence-electron chi connectivity index (χ1n) is 8.53. The molecule has 1 N–H and O–H groups in total. The molecule has 1 aliphatic heterocycles. The highest BCUT2D eigenvalue weighted by atomic mass is 35.5. The molecule has 1 amide bonds. The molecule has 6 nitrogen and oxygen atoms in total. The standard InChI is InChI=1S/C19H21ClN2O4S/c1-27(24,25)13-14-5-7-15(8-6-14)19(23)21-17-4-2-3-16(20)18(17)22-9-11-26-12-10-22/h2-8H,9-13H2,1H3,(H,21,23). The highest BCUT2D eigenvalue weighted by molar-refractivity contribution is 7.89. The van der Waals surface area contributed by atoms with Gasteiger partial charge in [0.25, 0.3) is 5.91 Å². The number of morpholine rings is 1. The Morgan fingerprint density at radius 2 is 1.81 bits per heavy atom. The summed E-state index contributed by atoms with van der Waals surface area (Å²) in [6.07, 6.45) is 1.18. The Balaban J connectivity index is 1.79. The number of carbonyl (C=O) groups is 1. The Morgan fingerprint density at radius 1 is 1.15 bits per heavy atom. The third-order valence-electron chi connectivity index (χ3n) is 4.21. The van der Waals surface area contributed by atoms with Crippen molar-refractivity contribution in [2.75, 3.05) is 42.8 Å². The second kappa shape index (κ2) is 8.29. The van der Waals surface area contributed by atoms with Crippen LogP contribution >= 0.6 is 11.6 Å². The number of para-hydroxylation sites is 1. The molecule has 1 fully saturated rings. The fourth-order valence-electron chi connectivity index (χ4n) is 2.97. The van der Waals surface area contributed by atoms with E-state index in [1.807, 2.05) is 6.07 Å². The van der Waals surface area contributed by atoms with E-state index in [1.54, 1.807) is 36.4 Å². The van der Waals surface area contributed by atoms with Gasteiger partial charge < -0.3 is 15.0 Å². The van der Waals surface area contributed by atoms with E-state index in [1.165, 1.54) is 6.26 Å². The highest BCUT2D eigenvalue weighted by Gasteiger charge is 2.19. The van der Waals surface area contributed by atoms with Gasteiger partial charge in [0.1, 0.15) is 0 Å². The first-order valence-corrected chi connectivity index (χ1v) is 11.0. The van der Waals surface area contributed by atoms with Crippen LogP contribution < -0.4 is 10.2 Å². The van der Waals surface area contributed by atoms with Crippen molar-refractivity contribution < 1.29 is 17.9 Å². The third-order valence-corrected chi connectivity index (χ3v) is 5.37. The minimum absolute atomic E-state index is 0.0512. The Hall–Kier alpha value is -2.09. The number of carbonyl (C=O) groups excluding carboxylic acids is 1. The quantitative estimate of drug-likeness (QED) is 0.823. The number of nitrogens with zero attached hydrogens (tertiary/aromatic N) is 1. The summed E-state index contributed by atoms with van der Waals surface area (Å²) >= 11 is 6.38. The summed E-state index contributed by atoms with van der Waals surface area (Å²) in [7, 11) is -3.11.